The number of benzene rings is 2. The molecule has 2 heterocycles. The summed E-state index contributed by atoms with van der Waals surface area (Å²) in [7, 11) is 0. The lowest BCUT2D eigenvalue weighted by Crippen LogP contribution is -2.41. The minimum Gasteiger partial charge on any atom is -0.325 e. The zero-order valence-electron chi connectivity index (χ0n) is 15.6. The van der Waals surface area contributed by atoms with E-state index in [0.717, 1.165) is 24.2 Å². The number of halogens is 2. The number of aryl methyl sites for hydroxylation is 1. The number of carbonyl (C=O) groups excluding carboxylic acids is 1. The highest BCUT2D eigenvalue weighted by atomic mass is 35.5. The van der Waals surface area contributed by atoms with Crippen molar-refractivity contribution in [2.75, 3.05) is 10.7 Å². The van der Waals surface area contributed by atoms with Crippen LogP contribution in [-0.2, 0) is 11.2 Å². The minimum absolute atomic E-state index is 0.208. The Hall–Kier alpha value is -2.58. The van der Waals surface area contributed by atoms with E-state index in [0.29, 0.717) is 15.9 Å². The maximum Gasteiger partial charge on any atom is 0.240 e. The molecule has 0 saturated carbocycles. The summed E-state index contributed by atoms with van der Waals surface area (Å²) in [6.07, 6.45) is 1.71. The maximum atomic E-state index is 13.2. The third kappa shape index (κ3) is 4.23. The quantitative estimate of drug-likeness (QED) is 0.625. The molecule has 0 aliphatic carbocycles. The van der Waals surface area contributed by atoms with Gasteiger partial charge in [-0.15, -0.1) is 10.2 Å². The molecule has 150 valence electrons. The molecular weight excluding hydrogens is 413 g/mol. The van der Waals surface area contributed by atoms with Gasteiger partial charge in [0.05, 0.1) is 6.04 Å². The summed E-state index contributed by atoms with van der Waals surface area (Å²) in [6, 6.07) is 12.8. The van der Waals surface area contributed by atoms with Crippen LogP contribution in [0.4, 0.5) is 10.1 Å². The Labute approximate surface area is 176 Å². The lowest BCUT2D eigenvalue weighted by molar-refractivity contribution is -0.116. The summed E-state index contributed by atoms with van der Waals surface area (Å²) < 4.78 is 15.0. The number of hydrogen-bond donors (Lipinski definition) is 2. The number of nitrogens with zero attached hydrogens (tertiary/aromatic N) is 3. The van der Waals surface area contributed by atoms with Crippen molar-refractivity contribution in [2.24, 2.45) is 0 Å². The van der Waals surface area contributed by atoms with Gasteiger partial charge in [-0.2, -0.15) is 0 Å². The van der Waals surface area contributed by atoms with E-state index in [1.165, 1.54) is 36.0 Å². The number of anilines is 1. The van der Waals surface area contributed by atoms with Gasteiger partial charge in [0.15, 0.2) is 5.82 Å². The molecule has 9 heteroatoms. The van der Waals surface area contributed by atoms with Crippen LogP contribution in [0, 0.1) is 5.82 Å². The highest BCUT2D eigenvalue weighted by Gasteiger charge is 2.37. The Morgan fingerprint density at radius 2 is 1.93 bits per heavy atom. The third-order valence-electron chi connectivity index (χ3n) is 4.58. The molecule has 0 unspecified atom stereocenters. The van der Waals surface area contributed by atoms with Crippen LogP contribution in [0.3, 0.4) is 0 Å². The lowest BCUT2D eigenvalue weighted by atomic mass is 10.0. The van der Waals surface area contributed by atoms with E-state index in [2.05, 4.69) is 27.9 Å². The first-order valence-corrected chi connectivity index (χ1v) is 10.5. The van der Waals surface area contributed by atoms with E-state index < -0.39 is 5.25 Å². The van der Waals surface area contributed by atoms with Gasteiger partial charge in [0, 0.05) is 17.1 Å². The average molecular weight is 432 g/mol. The summed E-state index contributed by atoms with van der Waals surface area (Å²) in [5.74, 6) is 0.263. The summed E-state index contributed by atoms with van der Waals surface area (Å²) in [6.45, 7) is 2.08. The second-order valence-electron chi connectivity index (χ2n) is 6.68. The van der Waals surface area contributed by atoms with Crippen LogP contribution in [-0.4, -0.2) is 26.0 Å². The van der Waals surface area contributed by atoms with Crippen LogP contribution in [0.15, 0.2) is 53.7 Å². The Morgan fingerprint density at radius 1 is 1.21 bits per heavy atom. The molecule has 29 heavy (non-hydrogen) atoms. The molecule has 4 rings (SSSR count). The minimum atomic E-state index is -0.507. The summed E-state index contributed by atoms with van der Waals surface area (Å²) in [5, 5.41) is 12.1. The zero-order valence-corrected chi connectivity index (χ0v) is 17.2. The fourth-order valence-electron chi connectivity index (χ4n) is 3.15. The zero-order chi connectivity index (χ0) is 20.4. The molecule has 1 aliphatic heterocycles. The van der Waals surface area contributed by atoms with Crippen LogP contribution < -0.4 is 10.7 Å². The second kappa shape index (κ2) is 8.42. The number of fused-ring (bicyclic) bond motifs is 1. The van der Waals surface area contributed by atoms with E-state index in [4.69, 9.17) is 11.6 Å². The smallest absolute Gasteiger partial charge is 0.240 e. The third-order valence-corrected chi connectivity index (χ3v) is 6.04. The molecule has 0 radical (unpaired) electrons. The number of aromatic nitrogens is 3. The molecule has 1 aliphatic rings. The van der Waals surface area contributed by atoms with E-state index in [-0.39, 0.29) is 17.8 Å². The van der Waals surface area contributed by atoms with Crippen LogP contribution in [0.25, 0.3) is 0 Å². The van der Waals surface area contributed by atoms with Crippen molar-refractivity contribution in [3.05, 3.63) is 70.8 Å². The Bertz CT molecular complexity index is 1010. The van der Waals surface area contributed by atoms with Gasteiger partial charge in [0.25, 0.3) is 0 Å². The molecule has 3 aromatic rings. The molecule has 0 fully saturated rings. The molecule has 2 N–H and O–H groups in total. The first-order chi connectivity index (χ1) is 14.0. The molecule has 1 aromatic heterocycles. The molecule has 2 aromatic carbocycles. The number of amides is 1. The fraction of sp³-hybridized carbons (Fsp3) is 0.250. The van der Waals surface area contributed by atoms with Gasteiger partial charge < -0.3 is 10.7 Å². The molecular formula is C20H19ClFN5OS. The van der Waals surface area contributed by atoms with E-state index in [9.17, 15) is 9.18 Å². The van der Waals surface area contributed by atoms with Crippen LogP contribution in [0.1, 0.15) is 30.8 Å². The fourth-order valence-corrected chi connectivity index (χ4v) is 4.38. The van der Waals surface area contributed by atoms with Crippen molar-refractivity contribution in [3.63, 3.8) is 0 Å². The van der Waals surface area contributed by atoms with E-state index in [1.54, 1.807) is 12.1 Å². The highest BCUT2D eigenvalue weighted by Crippen LogP contribution is 2.38. The number of rotatable bonds is 5. The van der Waals surface area contributed by atoms with Gasteiger partial charge >= 0.3 is 0 Å². The topological polar surface area (TPSA) is 71.8 Å². The van der Waals surface area contributed by atoms with E-state index in [1.807, 2.05) is 16.8 Å². The van der Waals surface area contributed by atoms with Crippen molar-refractivity contribution in [3.8, 4) is 0 Å². The normalized spacial score (nSPS) is 18.0. The number of carbonyl (C=O) groups is 1. The predicted molar refractivity (Wildman–Crippen MR) is 112 cm³/mol. The SMILES string of the molecule is CCCc1nnc2n1N[C@H](c1ccc(Cl)cc1)[C@@H](C(=O)Nc1ccc(F)cc1)S2. The van der Waals surface area contributed by atoms with Crippen molar-refractivity contribution in [1.82, 2.24) is 14.9 Å². The van der Waals surface area contributed by atoms with E-state index >= 15 is 0 Å². The largest absolute Gasteiger partial charge is 0.325 e. The predicted octanol–water partition coefficient (Wildman–Crippen LogP) is 4.42. The van der Waals surface area contributed by atoms with Crippen LogP contribution in [0.2, 0.25) is 5.02 Å². The summed E-state index contributed by atoms with van der Waals surface area (Å²) in [5.41, 5.74) is 4.85. The Kier molecular flexibility index (Phi) is 5.73. The van der Waals surface area contributed by atoms with Crippen molar-refractivity contribution < 1.29 is 9.18 Å². The second-order valence-corrected chi connectivity index (χ2v) is 8.22. The van der Waals surface area contributed by atoms with Gasteiger partial charge in [-0.3, -0.25) is 4.79 Å². The van der Waals surface area contributed by atoms with Crippen LogP contribution >= 0.6 is 23.4 Å². The number of thioether (sulfide) groups is 1. The van der Waals surface area contributed by atoms with Crippen molar-refractivity contribution in [1.29, 1.82) is 0 Å². The molecule has 0 saturated heterocycles. The average Bonchev–Trinajstić information content (AvgIpc) is 3.11. The molecule has 0 spiro atoms. The Balaban J connectivity index is 1.65. The van der Waals surface area contributed by atoms with Crippen LogP contribution in [0.5, 0.6) is 0 Å². The van der Waals surface area contributed by atoms with Gasteiger partial charge in [-0.25, -0.2) is 9.07 Å². The monoisotopic (exact) mass is 431 g/mol. The molecule has 1 amide bonds. The highest BCUT2D eigenvalue weighted by molar-refractivity contribution is 8.00. The molecule has 0 bridgehead atoms. The van der Waals surface area contributed by atoms with Gasteiger partial charge in [0.2, 0.25) is 11.1 Å². The van der Waals surface area contributed by atoms with Gasteiger partial charge in [0.1, 0.15) is 11.1 Å². The van der Waals surface area contributed by atoms with Crippen molar-refractivity contribution in [2.45, 2.75) is 36.2 Å². The summed E-state index contributed by atoms with van der Waals surface area (Å²) in [4.78, 5) is 13.1. The van der Waals surface area contributed by atoms with Gasteiger partial charge in [-0.05, 0) is 48.4 Å². The number of nitrogens with one attached hydrogen (secondary N) is 2. The Morgan fingerprint density at radius 3 is 2.62 bits per heavy atom. The first kappa shape index (κ1) is 19.7. The van der Waals surface area contributed by atoms with Crippen molar-refractivity contribution >= 4 is 35.0 Å². The molecule has 2 atom stereocenters. The van der Waals surface area contributed by atoms with Gasteiger partial charge in [-0.1, -0.05) is 42.4 Å². The standard InChI is InChI=1S/C20H19ClFN5OS/c1-2-3-16-24-25-20-27(16)26-17(12-4-6-13(21)7-5-12)18(29-20)19(28)23-15-10-8-14(22)9-11-15/h4-11,17-18,26H,2-3H2,1H3,(H,23,28)/t17-,18+/m1/s1. The molecule has 6 nitrogen and oxygen atoms in total. The summed E-state index contributed by atoms with van der Waals surface area (Å²) >= 11 is 7.39. The lowest BCUT2D eigenvalue weighted by Gasteiger charge is -2.33. The number of hydrogen-bond acceptors (Lipinski definition) is 5. The maximum absolute atomic E-state index is 13.2. The first-order valence-electron chi connectivity index (χ1n) is 9.24.